The van der Waals surface area contributed by atoms with Crippen molar-refractivity contribution in [3.63, 3.8) is 0 Å². The van der Waals surface area contributed by atoms with Crippen molar-refractivity contribution in [2.75, 3.05) is 13.3 Å². The standard InChI is InChI=1S/C3H10N2O/c1-2-6-3-5-4/h5H,2-4H2,1H3. The maximum atomic E-state index is 4.84. The van der Waals surface area contributed by atoms with E-state index in [1.54, 1.807) is 0 Å². The van der Waals surface area contributed by atoms with E-state index in [2.05, 4.69) is 5.43 Å². The Morgan fingerprint density at radius 2 is 2.50 bits per heavy atom. The van der Waals surface area contributed by atoms with Gasteiger partial charge in [0.05, 0.1) is 0 Å². The summed E-state index contributed by atoms with van der Waals surface area (Å²) in [7, 11) is 0. The lowest BCUT2D eigenvalue weighted by atomic mass is 10.9. The van der Waals surface area contributed by atoms with Gasteiger partial charge in [0.1, 0.15) is 6.73 Å². The Labute approximate surface area is 37.4 Å². The summed E-state index contributed by atoms with van der Waals surface area (Å²) >= 11 is 0. The largest absolute Gasteiger partial charge is 0.365 e. The van der Waals surface area contributed by atoms with Gasteiger partial charge in [-0.05, 0) is 6.92 Å². The first-order valence-electron chi connectivity index (χ1n) is 1.93. The Kier molecular flexibility index (Phi) is 4.78. The van der Waals surface area contributed by atoms with Crippen molar-refractivity contribution in [3.05, 3.63) is 0 Å². The van der Waals surface area contributed by atoms with E-state index in [0.717, 1.165) is 0 Å². The SMILES string of the molecule is CCOCNN. The van der Waals surface area contributed by atoms with E-state index in [0.29, 0.717) is 13.3 Å². The zero-order chi connectivity index (χ0) is 4.83. The van der Waals surface area contributed by atoms with Gasteiger partial charge in [-0.15, -0.1) is 0 Å². The highest BCUT2D eigenvalue weighted by Gasteiger charge is 1.70. The fourth-order valence-corrected chi connectivity index (χ4v) is 0.161. The van der Waals surface area contributed by atoms with Gasteiger partial charge in [0.15, 0.2) is 0 Å². The molecule has 0 amide bonds. The predicted molar refractivity (Wildman–Crippen MR) is 23.8 cm³/mol. The van der Waals surface area contributed by atoms with Crippen LogP contribution < -0.4 is 11.3 Å². The van der Waals surface area contributed by atoms with Crippen molar-refractivity contribution in [2.24, 2.45) is 5.84 Å². The molecule has 0 radical (unpaired) electrons. The second-order valence-corrected chi connectivity index (χ2v) is 0.841. The molecule has 0 aliphatic rings. The Morgan fingerprint density at radius 1 is 1.83 bits per heavy atom. The number of nitrogens with two attached hydrogens (primary N) is 1. The molecule has 38 valence electrons. The summed E-state index contributed by atoms with van der Waals surface area (Å²) in [6.45, 7) is 3.07. The van der Waals surface area contributed by atoms with Gasteiger partial charge >= 0.3 is 0 Å². The second-order valence-electron chi connectivity index (χ2n) is 0.841. The molecular formula is C3H10N2O. The number of hydrogen-bond donors (Lipinski definition) is 2. The van der Waals surface area contributed by atoms with Crippen LogP contribution in [0.25, 0.3) is 0 Å². The molecule has 3 heteroatoms. The van der Waals surface area contributed by atoms with E-state index in [-0.39, 0.29) is 0 Å². The highest BCUT2D eigenvalue weighted by molar-refractivity contribution is 4.10. The molecule has 0 atom stereocenters. The molecule has 0 heterocycles. The molecule has 0 aliphatic heterocycles. The summed E-state index contributed by atoms with van der Waals surface area (Å²) in [6, 6.07) is 0. The number of hydrogen-bond acceptors (Lipinski definition) is 3. The average molecular weight is 90.1 g/mol. The monoisotopic (exact) mass is 90.1 g/mol. The van der Waals surface area contributed by atoms with Crippen LogP contribution in [0.5, 0.6) is 0 Å². The summed E-state index contributed by atoms with van der Waals surface area (Å²) in [5.41, 5.74) is 2.35. The van der Waals surface area contributed by atoms with E-state index in [9.17, 15) is 0 Å². The maximum Gasteiger partial charge on any atom is 0.109 e. The smallest absolute Gasteiger partial charge is 0.109 e. The van der Waals surface area contributed by atoms with Crippen LogP contribution in [0.3, 0.4) is 0 Å². The second kappa shape index (κ2) is 4.88. The van der Waals surface area contributed by atoms with Crippen LogP contribution in [0.15, 0.2) is 0 Å². The summed E-state index contributed by atoms with van der Waals surface area (Å²) < 4.78 is 4.75. The van der Waals surface area contributed by atoms with Crippen molar-refractivity contribution in [3.8, 4) is 0 Å². The molecule has 0 rings (SSSR count). The Balaban J connectivity index is 2.34. The van der Waals surface area contributed by atoms with Gasteiger partial charge in [0.25, 0.3) is 0 Å². The molecule has 0 aromatic heterocycles. The fraction of sp³-hybridized carbons (Fsp3) is 1.00. The summed E-state index contributed by atoms with van der Waals surface area (Å²) in [5.74, 6) is 4.84. The average Bonchev–Trinajstić information content (AvgIpc) is 1.61. The van der Waals surface area contributed by atoms with Crippen molar-refractivity contribution in [2.45, 2.75) is 6.92 Å². The third-order valence-electron chi connectivity index (χ3n) is 0.390. The van der Waals surface area contributed by atoms with Gasteiger partial charge in [-0.2, -0.15) is 0 Å². The zero-order valence-electron chi connectivity index (χ0n) is 3.90. The van der Waals surface area contributed by atoms with E-state index >= 15 is 0 Å². The van der Waals surface area contributed by atoms with Crippen LogP contribution in [0.1, 0.15) is 6.92 Å². The first-order valence-corrected chi connectivity index (χ1v) is 1.93. The topological polar surface area (TPSA) is 47.3 Å². The van der Waals surface area contributed by atoms with Crippen molar-refractivity contribution in [1.82, 2.24) is 5.43 Å². The lowest BCUT2D eigenvalue weighted by Crippen LogP contribution is -2.24. The zero-order valence-corrected chi connectivity index (χ0v) is 3.90. The molecule has 0 aromatic carbocycles. The van der Waals surface area contributed by atoms with Crippen LogP contribution in [0.4, 0.5) is 0 Å². The molecule has 0 unspecified atom stereocenters. The minimum absolute atomic E-state index is 0.441. The lowest BCUT2D eigenvalue weighted by Gasteiger charge is -1.93. The molecule has 6 heavy (non-hydrogen) atoms. The molecular weight excluding hydrogens is 80.0 g/mol. The molecule has 0 aromatic rings. The van der Waals surface area contributed by atoms with Gasteiger partial charge in [0.2, 0.25) is 0 Å². The maximum absolute atomic E-state index is 4.84. The number of rotatable bonds is 3. The van der Waals surface area contributed by atoms with Crippen molar-refractivity contribution >= 4 is 0 Å². The molecule has 0 bridgehead atoms. The van der Waals surface area contributed by atoms with Crippen LogP contribution in [-0.2, 0) is 4.74 Å². The number of nitrogens with one attached hydrogen (secondary N) is 1. The van der Waals surface area contributed by atoms with Gasteiger partial charge < -0.3 is 4.74 Å². The minimum Gasteiger partial charge on any atom is -0.365 e. The quantitative estimate of drug-likeness (QED) is 0.211. The first-order chi connectivity index (χ1) is 2.91. The van der Waals surface area contributed by atoms with Crippen LogP contribution >= 0.6 is 0 Å². The van der Waals surface area contributed by atoms with Crippen molar-refractivity contribution in [1.29, 1.82) is 0 Å². The molecule has 0 saturated carbocycles. The Hall–Kier alpha value is -0.120. The number of hydrazine groups is 1. The first kappa shape index (κ1) is 5.88. The van der Waals surface area contributed by atoms with Gasteiger partial charge in [-0.25, -0.2) is 5.43 Å². The van der Waals surface area contributed by atoms with Crippen LogP contribution in [-0.4, -0.2) is 13.3 Å². The van der Waals surface area contributed by atoms with Crippen LogP contribution in [0.2, 0.25) is 0 Å². The van der Waals surface area contributed by atoms with E-state index in [1.165, 1.54) is 0 Å². The summed E-state index contributed by atoms with van der Waals surface area (Å²) in [6.07, 6.45) is 0. The van der Waals surface area contributed by atoms with E-state index in [1.807, 2.05) is 6.92 Å². The van der Waals surface area contributed by atoms with Crippen LogP contribution in [0, 0.1) is 0 Å². The molecule has 3 N–H and O–H groups in total. The minimum atomic E-state index is 0.441. The molecule has 0 aliphatic carbocycles. The normalized spacial score (nSPS) is 9.00. The highest BCUT2D eigenvalue weighted by atomic mass is 16.5. The van der Waals surface area contributed by atoms with Crippen molar-refractivity contribution < 1.29 is 4.74 Å². The summed E-state index contributed by atoms with van der Waals surface area (Å²) in [4.78, 5) is 0. The molecule has 3 nitrogen and oxygen atoms in total. The molecule has 0 spiro atoms. The van der Waals surface area contributed by atoms with E-state index in [4.69, 9.17) is 10.6 Å². The Morgan fingerprint density at radius 3 is 2.67 bits per heavy atom. The van der Waals surface area contributed by atoms with Gasteiger partial charge in [0, 0.05) is 6.61 Å². The summed E-state index contributed by atoms with van der Waals surface area (Å²) in [5, 5.41) is 0. The lowest BCUT2D eigenvalue weighted by molar-refractivity contribution is 0.129. The van der Waals surface area contributed by atoms with Gasteiger partial charge in [-0.3, -0.25) is 5.84 Å². The fourth-order valence-electron chi connectivity index (χ4n) is 0.161. The number of ether oxygens (including phenoxy) is 1. The predicted octanol–water partition coefficient (Wildman–Crippen LogP) is -0.556. The Bertz CT molecular complexity index is 20.8. The third-order valence-corrected chi connectivity index (χ3v) is 0.390. The van der Waals surface area contributed by atoms with E-state index < -0.39 is 0 Å². The molecule has 0 saturated heterocycles. The highest BCUT2D eigenvalue weighted by Crippen LogP contribution is 1.60. The van der Waals surface area contributed by atoms with Gasteiger partial charge in [-0.1, -0.05) is 0 Å². The molecule has 0 fully saturated rings. The third kappa shape index (κ3) is 3.88.